The molecule has 1 aromatic carbocycles. The van der Waals surface area contributed by atoms with Crippen molar-refractivity contribution in [2.24, 2.45) is 5.41 Å². The number of aryl methyl sites for hydroxylation is 1. The normalized spacial score (nSPS) is 16.0. The standard InChI is InChI=1S/C16H19NO2/c1-10(2)12-8-13(11(3)7-14(12)19-4)15(18)16(9-17)5-6-16/h7-8,10H,5-6H2,1-4H3. The second-order valence-corrected chi connectivity index (χ2v) is 5.59. The largest absolute Gasteiger partial charge is 0.496 e. The number of ether oxygens (including phenoxy) is 1. The SMILES string of the molecule is COc1cc(C)c(C(=O)C2(C#N)CC2)cc1C(C)C. The molecule has 100 valence electrons. The van der Waals surface area contributed by atoms with Gasteiger partial charge in [0, 0.05) is 5.56 Å². The quantitative estimate of drug-likeness (QED) is 0.774. The van der Waals surface area contributed by atoms with Crippen LogP contribution in [0.2, 0.25) is 0 Å². The van der Waals surface area contributed by atoms with Gasteiger partial charge in [-0.25, -0.2) is 0 Å². The summed E-state index contributed by atoms with van der Waals surface area (Å²) in [6.07, 6.45) is 1.37. The monoisotopic (exact) mass is 257 g/mol. The van der Waals surface area contributed by atoms with E-state index in [-0.39, 0.29) is 11.7 Å². The first-order chi connectivity index (χ1) is 8.95. The molecule has 0 amide bonds. The van der Waals surface area contributed by atoms with Crippen LogP contribution in [0.4, 0.5) is 0 Å². The number of hydrogen-bond acceptors (Lipinski definition) is 3. The lowest BCUT2D eigenvalue weighted by Gasteiger charge is -2.16. The number of carbonyl (C=O) groups is 1. The molecule has 0 aromatic heterocycles. The van der Waals surface area contributed by atoms with E-state index in [4.69, 9.17) is 10.00 Å². The van der Waals surface area contributed by atoms with Crippen LogP contribution in [-0.2, 0) is 0 Å². The number of nitrogens with zero attached hydrogens (tertiary/aromatic N) is 1. The van der Waals surface area contributed by atoms with Crippen molar-refractivity contribution in [1.82, 2.24) is 0 Å². The van der Waals surface area contributed by atoms with Crippen LogP contribution in [0.25, 0.3) is 0 Å². The molecule has 0 saturated heterocycles. The van der Waals surface area contributed by atoms with E-state index >= 15 is 0 Å². The second kappa shape index (κ2) is 4.70. The highest BCUT2D eigenvalue weighted by atomic mass is 16.5. The summed E-state index contributed by atoms with van der Waals surface area (Å²) < 4.78 is 5.37. The number of rotatable bonds is 4. The lowest BCUT2D eigenvalue weighted by molar-refractivity contribution is 0.0934. The number of Topliss-reactive ketones (excluding diaryl/α,β-unsaturated/α-hetero) is 1. The third-order valence-corrected chi connectivity index (χ3v) is 3.84. The van der Waals surface area contributed by atoms with Gasteiger partial charge in [0.2, 0.25) is 0 Å². The van der Waals surface area contributed by atoms with Crippen LogP contribution < -0.4 is 4.74 Å². The van der Waals surface area contributed by atoms with Gasteiger partial charge in [-0.15, -0.1) is 0 Å². The van der Waals surface area contributed by atoms with Crippen molar-refractivity contribution in [3.05, 3.63) is 28.8 Å². The first kappa shape index (κ1) is 13.6. The Balaban J connectivity index is 2.50. The van der Waals surface area contributed by atoms with E-state index in [9.17, 15) is 4.79 Å². The van der Waals surface area contributed by atoms with Crippen LogP contribution in [0, 0.1) is 23.7 Å². The van der Waals surface area contributed by atoms with E-state index in [1.54, 1.807) is 7.11 Å². The van der Waals surface area contributed by atoms with E-state index in [1.165, 1.54) is 0 Å². The zero-order valence-corrected chi connectivity index (χ0v) is 11.9. The van der Waals surface area contributed by atoms with Crippen molar-refractivity contribution in [1.29, 1.82) is 5.26 Å². The Bertz CT molecular complexity index is 563. The average Bonchev–Trinajstić information content (AvgIpc) is 3.18. The van der Waals surface area contributed by atoms with Crippen molar-refractivity contribution < 1.29 is 9.53 Å². The fourth-order valence-electron chi connectivity index (χ4n) is 2.34. The summed E-state index contributed by atoms with van der Waals surface area (Å²) in [7, 11) is 1.64. The molecular formula is C16H19NO2. The van der Waals surface area contributed by atoms with Gasteiger partial charge in [-0.2, -0.15) is 5.26 Å². The van der Waals surface area contributed by atoms with Crippen molar-refractivity contribution in [2.75, 3.05) is 7.11 Å². The van der Waals surface area contributed by atoms with Gasteiger partial charge in [0.25, 0.3) is 0 Å². The van der Waals surface area contributed by atoms with Crippen molar-refractivity contribution in [3.63, 3.8) is 0 Å². The van der Waals surface area contributed by atoms with Crippen LogP contribution in [0.15, 0.2) is 12.1 Å². The minimum atomic E-state index is -0.756. The molecule has 0 atom stereocenters. The Morgan fingerprint density at radius 3 is 2.47 bits per heavy atom. The molecule has 0 aliphatic heterocycles. The fourth-order valence-corrected chi connectivity index (χ4v) is 2.34. The van der Waals surface area contributed by atoms with Crippen LogP contribution >= 0.6 is 0 Å². The highest BCUT2D eigenvalue weighted by Gasteiger charge is 2.51. The van der Waals surface area contributed by atoms with Gasteiger partial charge >= 0.3 is 0 Å². The predicted octanol–water partition coefficient (Wildman–Crippen LogP) is 3.61. The molecule has 3 heteroatoms. The van der Waals surface area contributed by atoms with Crippen LogP contribution in [0.1, 0.15) is 54.1 Å². The van der Waals surface area contributed by atoms with Gasteiger partial charge in [0.1, 0.15) is 11.2 Å². The van der Waals surface area contributed by atoms with Crippen LogP contribution in [-0.4, -0.2) is 12.9 Å². The fraction of sp³-hybridized carbons (Fsp3) is 0.500. The smallest absolute Gasteiger partial charge is 0.183 e. The maximum atomic E-state index is 12.5. The molecular weight excluding hydrogens is 238 g/mol. The Morgan fingerprint density at radius 2 is 2.05 bits per heavy atom. The van der Waals surface area contributed by atoms with Gasteiger partial charge in [-0.1, -0.05) is 13.8 Å². The molecule has 3 nitrogen and oxygen atoms in total. The molecule has 1 fully saturated rings. The third kappa shape index (κ3) is 2.23. The first-order valence-corrected chi connectivity index (χ1v) is 6.60. The Morgan fingerprint density at radius 1 is 1.42 bits per heavy atom. The number of nitriles is 1. The third-order valence-electron chi connectivity index (χ3n) is 3.84. The lowest BCUT2D eigenvalue weighted by atomic mass is 9.89. The maximum absolute atomic E-state index is 12.5. The molecule has 0 heterocycles. The van der Waals surface area contributed by atoms with E-state index < -0.39 is 5.41 Å². The molecule has 2 rings (SSSR count). The number of carbonyl (C=O) groups excluding carboxylic acids is 1. The van der Waals surface area contributed by atoms with Crippen molar-refractivity contribution in [3.8, 4) is 11.8 Å². The molecule has 0 N–H and O–H groups in total. The highest BCUT2D eigenvalue weighted by Crippen LogP contribution is 2.48. The average molecular weight is 257 g/mol. The topological polar surface area (TPSA) is 50.1 Å². The molecule has 1 saturated carbocycles. The molecule has 1 aliphatic rings. The van der Waals surface area contributed by atoms with Gasteiger partial charge in [0.15, 0.2) is 5.78 Å². The summed E-state index contributed by atoms with van der Waals surface area (Å²) in [5, 5.41) is 9.16. The Kier molecular flexibility index (Phi) is 3.36. The van der Waals surface area contributed by atoms with Gasteiger partial charge in [0.05, 0.1) is 13.2 Å². The first-order valence-electron chi connectivity index (χ1n) is 6.60. The summed E-state index contributed by atoms with van der Waals surface area (Å²) in [6, 6.07) is 5.97. The highest BCUT2D eigenvalue weighted by molar-refractivity contribution is 6.05. The summed E-state index contributed by atoms with van der Waals surface area (Å²) >= 11 is 0. The van der Waals surface area contributed by atoms with E-state index in [2.05, 4.69) is 19.9 Å². The molecule has 1 aliphatic carbocycles. The molecule has 0 bridgehead atoms. The Hall–Kier alpha value is -1.82. The van der Waals surface area contributed by atoms with Crippen LogP contribution in [0.3, 0.4) is 0 Å². The summed E-state index contributed by atoms with van der Waals surface area (Å²) in [5.41, 5.74) is 1.81. The number of benzene rings is 1. The van der Waals surface area contributed by atoms with Gasteiger partial charge in [-0.3, -0.25) is 4.79 Å². The molecule has 0 radical (unpaired) electrons. The van der Waals surface area contributed by atoms with E-state index in [1.807, 2.05) is 19.1 Å². The Labute approximate surface area is 114 Å². The molecule has 19 heavy (non-hydrogen) atoms. The lowest BCUT2D eigenvalue weighted by Crippen LogP contribution is -2.16. The second-order valence-electron chi connectivity index (χ2n) is 5.59. The summed E-state index contributed by atoms with van der Waals surface area (Å²) in [6.45, 7) is 6.03. The zero-order chi connectivity index (χ0) is 14.2. The maximum Gasteiger partial charge on any atom is 0.183 e. The minimum absolute atomic E-state index is 0.0305. The van der Waals surface area contributed by atoms with E-state index in [0.29, 0.717) is 18.4 Å². The summed E-state index contributed by atoms with van der Waals surface area (Å²) in [5.74, 6) is 1.06. The zero-order valence-electron chi connectivity index (χ0n) is 11.9. The number of ketones is 1. The predicted molar refractivity (Wildman–Crippen MR) is 73.4 cm³/mol. The molecule has 0 unspecified atom stereocenters. The van der Waals surface area contributed by atoms with E-state index in [0.717, 1.165) is 16.9 Å². The molecule has 1 aromatic rings. The number of hydrogen-bond donors (Lipinski definition) is 0. The minimum Gasteiger partial charge on any atom is -0.496 e. The van der Waals surface area contributed by atoms with Gasteiger partial charge in [-0.05, 0) is 48.9 Å². The van der Waals surface area contributed by atoms with Crippen LogP contribution in [0.5, 0.6) is 5.75 Å². The van der Waals surface area contributed by atoms with Crippen molar-refractivity contribution in [2.45, 2.75) is 39.5 Å². The van der Waals surface area contributed by atoms with Crippen molar-refractivity contribution >= 4 is 5.78 Å². The van der Waals surface area contributed by atoms with Gasteiger partial charge < -0.3 is 4.74 Å². The number of methoxy groups -OCH3 is 1. The summed E-state index contributed by atoms with van der Waals surface area (Å²) in [4.78, 5) is 12.5. The molecule has 0 spiro atoms.